The number of unbranched alkanes of at least 4 members (excludes halogenated alkanes) is 2. The Morgan fingerprint density at radius 2 is 1.46 bits per heavy atom. The first-order valence-electron chi connectivity index (χ1n) is 12.6. The van der Waals surface area contributed by atoms with E-state index in [4.69, 9.17) is 4.74 Å². The van der Waals surface area contributed by atoms with Crippen LogP contribution in [-0.4, -0.2) is 36.1 Å². The topological polar surface area (TPSA) is 29.5 Å². The number of hydrogen-bond donors (Lipinski definition) is 0. The molecule has 0 aromatic heterocycles. The molecule has 0 atom stereocenters. The zero-order valence-corrected chi connectivity index (χ0v) is 18.7. The summed E-state index contributed by atoms with van der Waals surface area (Å²) in [5, 5.41) is 0. The normalized spacial score (nSPS) is 32.9. The van der Waals surface area contributed by atoms with Crippen LogP contribution < -0.4 is 0 Å². The van der Waals surface area contributed by atoms with Crippen molar-refractivity contribution in [3.8, 4) is 0 Å². The van der Waals surface area contributed by atoms with Crippen molar-refractivity contribution in [2.24, 2.45) is 17.8 Å². The van der Waals surface area contributed by atoms with Crippen LogP contribution in [0.3, 0.4) is 0 Å². The van der Waals surface area contributed by atoms with Gasteiger partial charge in [-0.25, -0.2) is 0 Å². The Hall–Kier alpha value is -0.570. The molecule has 1 heterocycles. The van der Waals surface area contributed by atoms with Gasteiger partial charge in [0.1, 0.15) is 6.10 Å². The maximum atomic E-state index is 12.7. The second-order valence-corrected chi connectivity index (χ2v) is 9.97. The van der Waals surface area contributed by atoms with Gasteiger partial charge in [0.2, 0.25) is 0 Å². The third-order valence-corrected chi connectivity index (χ3v) is 8.07. The maximum Gasteiger partial charge on any atom is 0.309 e. The second kappa shape index (κ2) is 11.6. The van der Waals surface area contributed by atoms with Gasteiger partial charge in [0.15, 0.2) is 0 Å². The Kier molecular flexibility index (Phi) is 9.14. The van der Waals surface area contributed by atoms with E-state index < -0.39 is 0 Å². The van der Waals surface area contributed by atoms with Crippen LogP contribution in [0.4, 0.5) is 0 Å². The van der Waals surface area contributed by atoms with Gasteiger partial charge in [-0.15, -0.1) is 0 Å². The molecule has 28 heavy (non-hydrogen) atoms. The Morgan fingerprint density at radius 1 is 0.821 bits per heavy atom. The molecule has 2 saturated carbocycles. The van der Waals surface area contributed by atoms with E-state index in [1.54, 1.807) is 0 Å². The zero-order valence-electron chi connectivity index (χ0n) is 18.7. The number of hydrogen-bond acceptors (Lipinski definition) is 3. The van der Waals surface area contributed by atoms with Crippen LogP contribution in [0.5, 0.6) is 0 Å². The molecular weight excluding hydrogens is 346 g/mol. The molecule has 0 spiro atoms. The lowest BCUT2D eigenvalue weighted by Gasteiger charge is -2.40. The highest BCUT2D eigenvalue weighted by atomic mass is 16.5. The average Bonchev–Trinajstić information content (AvgIpc) is 2.75. The van der Waals surface area contributed by atoms with Gasteiger partial charge in [-0.05, 0) is 89.1 Å². The fourth-order valence-corrected chi connectivity index (χ4v) is 5.90. The van der Waals surface area contributed by atoms with E-state index in [-0.39, 0.29) is 18.0 Å². The van der Waals surface area contributed by atoms with Gasteiger partial charge < -0.3 is 9.64 Å². The summed E-state index contributed by atoms with van der Waals surface area (Å²) in [7, 11) is 0. The van der Waals surface area contributed by atoms with Crippen molar-refractivity contribution in [1.29, 1.82) is 0 Å². The van der Waals surface area contributed by atoms with Gasteiger partial charge in [0.05, 0.1) is 5.92 Å². The summed E-state index contributed by atoms with van der Waals surface area (Å²) in [6.07, 6.45) is 19.3. The van der Waals surface area contributed by atoms with Crippen molar-refractivity contribution in [3.63, 3.8) is 0 Å². The molecule has 1 saturated heterocycles. The lowest BCUT2D eigenvalue weighted by molar-refractivity contribution is -0.158. The van der Waals surface area contributed by atoms with E-state index in [2.05, 4.69) is 18.7 Å². The molecule has 0 aromatic carbocycles. The van der Waals surface area contributed by atoms with Crippen molar-refractivity contribution in [2.45, 2.75) is 122 Å². The van der Waals surface area contributed by atoms with Crippen molar-refractivity contribution in [3.05, 3.63) is 0 Å². The third kappa shape index (κ3) is 6.47. The van der Waals surface area contributed by atoms with Crippen LogP contribution in [0.15, 0.2) is 0 Å². The van der Waals surface area contributed by atoms with Crippen molar-refractivity contribution in [2.75, 3.05) is 13.1 Å². The number of esters is 1. The Balaban J connectivity index is 1.31. The van der Waals surface area contributed by atoms with Gasteiger partial charge in [-0.2, -0.15) is 0 Å². The smallest absolute Gasteiger partial charge is 0.309 e. The van der Waals surface area contributed by atoms with Crippen LogP contribution >= 0.6 is 0 Å². The van der Waals surface area contributed by atoms with E-state index in [9.17, 15) is 4.79 Å². The van der Waals surface area contributed by atoms with Crippen molar-refractivity contribution < 1.29 is 9.53 Å². The summed E-state index contributed by atoms with van der Waals surface area (Å²) in [6, 6.07) is 0.780. The first-order valence-corrected chi connectivity index (χ1v) is 12.6. The molecule has 0 amide bonds. The molecule has 162 valence electrons. The molecule has 3 rings (SSSR count). The minimum absolute atomic E-state index is 0.115. The van der Waals surface area contributed by atoms with Crippen LogP contribution in [0, 0.1) is 17.8 Å². The molecule has 0 N–H and O–H groups in total. The first kappa shape index (κ1) is 22.1. The zero-order chi connectivity index (χ0) is 19.8. The maximum absolute atomic E-state index is 12.7. The molecule has 1 aliphatic heterocycles. The monoisotopic (exact) mass is 391 g/mol. The van der Waals surface area contributed by atoms with Gasteiger partial charge in [-0.1, -0.05) is 46.0 Å². The lowest BCUT2D eigenvalue weighted by atomic mass is 9.83. The standard InChI is InChI=1S/C25H45NO2/c1-3-5-6-7-21-10-14-24(15-11-21)28-25(27)22-16-18-26(19-17-22)23-12-8-20(4-2)9-13-23/h20-24H,3-19H2,1-2H3. The number of carbonyl (C=O) groups excluding carboxylic acids is 1. The summed E-state index contributed by atoms with van der Waals surface area (Å²) in [5.41, 5.74) is 0. The van der Waals surface area contributed by atoms with Gasteiger partial charge in [0.25, 0.3) is 0 Å². The first-order chi connectivity index (χ1) is 13.7. The molecule has 2 aliphatic carbocycles. The number of piperidine rings is 1. The fraction of sp³-hybridized carbons (Fsp3) is 0.960. The van der Waals surface area contributed by atoms with Crippen molar-refractivity contribution in [1.82, 2.24) is 4.90 Å². The van der Waals surface area contributed by atoms with Crippen molar-refractivity contribution >= 4 is 5.97 Å². The number of rotatable bonds is 8. The van der Waals surface area contributed by atoms with E-state index in [0.29, 0.717) is 0 Å². The highest BCUT2D eigenvalue weighted by Gasteiger charge is 2.33. The molecular formula is C25H45NO2. The molecule has 0 unspecified atom stereocenters. The molecule has 3 nitrogen and oxygen atoms in total. The number of nitrogens with zero attached hydrogens (tertiary/aromatic N) is 1. The van der Waals surface area contributed by atoms with E-state index >= 15 is 0 Å². The van der Waals surface area contributed by atoms with Crippen LogP contribution in [0.25, 0.3) is 0 Å². The van der Waals surface area contributed by atoms with Gasteiger partial charge in [0, 0.05) is 6.04 Å². The van der Waals surface area contributed by atoms with Crippen LogP contribution in [0.2, 0.25) is 0 Å². The number of likely N-dealkylation sites (tertiary alicyclic amines) is 1. The second-order valence-electron chi connectivity index (χ2n) is 9.97. The molecule has 3 fully saturated rings. The van der Waals surface area contributed by atoms with Crippen LogP contribution in [0.1, 0.15) is 110 Å². The molecule has 0 radical (unpaired) electrons. The fourth-order valence-electron chi connectivity index (χ4n) is 5.90. The number of carbonyl (C=O) groups is 1. The molecule has 3 aliphatic rings. The number of ether oxygens (including phenoxy) is 1. The summed E-state index contributed by atoms with van der Waals surface area (Å²) >= 11 is 0. The molecule has 0 bridgehead atoms. The highest BCUT2D eigenvalue weighted by molar-refractivity contribution is 5.72. The highest BCUT2D eigenvalue weighted by Crippen LogP contribution is 2.33. The molecule has 0 aromatic rings. The van der Waals surface area contributed by atoms with E-state index in [0.717, 1.165) is 56.7 Å². The minimum Gasteiger partial charge on any atom is -0.462 e. The summed E-state index contributed by atoms with van der Waals surface area (Å²) in [5.74, 6) is 2.12. The third-order valence-electron chi connectivity index (χ3n) is 8.07. The SMILES string of the molecule is CCCCCC1CCC(OC(=O)C2CCN(C3CCC(CC)CC3)CC2)CC1. The molecule has 3 heteroatoms. The average molecular weight is 392 g/mol. The predicted octanol–water partition coefficient (Wildman–Crippen LogP) is 6.35. The summed E-state index contributed by atoms with van der Waals surface area (Å²) in [4.78, 5) is 15.4. The Morgan fingerprint density at radius 3 is 2.07 bits per heavy atom. The quantitative estimate of drug-likeness (QED) is 0.357. The predicted molar refractivity (Wildman–Crippen MR) is 116 cm³/mol. The van der Waals surface area contributed by atoms with Gasteiger partial charge >= 0.3 is 5.97 Å². The van der Waals surface area contributed by atoms with Crippen LogP contribution in [-0.2, 0) is 9.53 Å². The minimum atomic E-state index is 0.115. The largest absolute Gasteiger partial charge is 0.462 e. The lowest BCUT2D eigenvalue weighted by Crippen LogP contribution is -2.44. The van der Waals surface area contributed by atoms with Gasteiger partial charge in [-0.3, -0.25) is 4.79 Å². The Bertz CT molecular complexity index is 441. The van der Waals surface area contributed by atoms with E-state index in [1.165, 1.54) is 70.6 Å². The summed E-state index contributed by atoms with van der Waals surface area (Å²) in [6.45, 7) is 6.82. The van der Waals surface area contributed by atoms with E-state index in [1.807, 2.05) is 0 Å². The Labute approximate surface area is 174 Å². The summed E-state index contributed by atoms with van der Waals surface area (Å²) < 4.78 is 5.96.